The number of halogens is 2. The van der Waals surface area contributed by atoms with Crippen molar-refractivity contribution in [1.82, 2.24) is 9.80 Å². The normalized spacial score (nSPS) is 21.9. The van der Waals surface area contributed by atoms with Crippen molar-refractivity contribution in [2.24, 2.45) is 4.99 Å². The average Bonchev–Trinajstić information content (AvgIpc) is 3.05. The Labute approximate surface area is 128 Å². The number of nitrogens with zero attached hydrogens (tertiary/aromatic N) is 3. The molecule has 2 saturated heterocycles. The summed E-state index contributed by atoms with van der Waals surface area (Å²) >= 11 is 8.66. The van der Waals surface area contributed by atoms with E-state index in [9.17, 15) is 0 Å². The molecular formula is C13H19ClIN3. The van der Waals surface area contributed by atoms with E-state index in [4.69, 9.17) is 11.6 Å². The molecule has 0 aromatic carbocycles. The van der Waals surface area contributed by atoms with Gasteiger partial charge in [0, 0.05) is 26.2 Å². The van der Waals surface area contributed by atoms with Gasteiger partial charge in [-0.05, 0) is 48.3 Å². The minimum Gasteiger partial charge on any atom is -0.371 e. The van der Waals surface area contributed by atoms with Crippen LogP contribution in [0.3, 0.4) is 0 Å². The molecule has 5 heteroatoms. The predicted octanol–water partition coefficient (Wildman–Crippen LogP) is 3.56. The lowest BCUT2D eigenvalue weighted by Crippen LogP contribution is -2.23. The molecule has 0 N–H and O–H groups in total. The van der Waals surface area contributed by atoms with Crippen LogP contribution < -0.4 is 0 Å². The molecule has 0 unspecified atom stereocenters. The van der Waals surface area contributed by atoms with Gasteiger partial charge in [-0.1, -0.05) is 18.2 Å². The van der Waals surface area contributed by atoms with Crippen molar-refractivity contribution in [3.63, 3.8) is 0 Å². The molecular weight excluding hydrogens is 361 g/mol. The molecule has 100 valence electrons. The van der Waals surface area contributed by atoms with Crippen molar-refractivity contribution in [3.8, 4) is 0 Å². The molecule has 0 bridgehead atoms. The van der Waals surface area contributed by atoms with Crippen molar-refractivity contribution < 1.29 is 0 Å². The van der Waals surface area contributed by atoms with Crippen LogP contribution in [0.1, 0.15) is 25.7 Å². The molecule has 2 aliphatic rings. The molecule has 0 saturated carbocycles. The van der Waals surface area contributed by atoms with Crippen molar-refractivity contribution in [2.75, 3.05) is 26.2 Å². The molecule has 2 rings (SSSR count). The molecule has 0 aliphatic carbocycles. The van der Waals surface area contributed by atoms with Crippen molar-refractivity contribution >= 4 is 38.4 Å². The van der Waals surface area contributed by atoms with Gasteiger partial charge in [0.15, 0.2) is 0 Å². The van der Waals surface area contributed by atoms with Gasteiger partial charge in [0.2, 0.25) is 0 Å². The van der Waals surface area contributed by atoms with Crippen molar-refractivity contribution in [2.45, 2.75) is 25.7 Å². The highest BCUT2D eigenvalue weighted by Gasteiger charge is 2.22. The summed E-state index contributed by atoms with van der Waals surface area (Å²) in [5, 5.41) is 0.715. The molecule has 0 spiro atoms. The van der Waals surface area contributed by atoms with Gasteiger partial charge >= 0.3 is 0 Å². The van der Waals surface area contributed by atoms with Crippen LogP contribution in [-0.2, 0) is 0 Å². The molecule has 0 aromatic rings. The van der Waals surface area contributed by atoms with Crippen molar-refractivity contribution in [1.29, 1.82) is 0 Å². The summed E-state index contributed by atoms with van der Waals surface area (Å²) in [6, 6.07) is 0. The maximum absolute atomic E-state index is 6.52. The number of likely N-dealkylation sites (tertiary alicyclic amines) is 2. The summed E-state index contributed by atoms with van der Waals surface area (Å²) < 4.78 is 1.78. The molecule has 2 heterocycles. The van der Waals surface area contributed by atoms with Crippen LogP contribution in [-0.4, -0.2) is 40.2 Å². The van der Waals surface area contributed by atoms with Crippen LogP contribution >= 0.6 is 34.2 Å². The lowest BCUT2D eigenvalue weighted by atomic mass is 10.3. The summed E-state index contributed by atoms with van der Waals surface area (Å²) in [4.78, 5) is 8.97. The molecule has 18 heavy (non-hydrogen) atoms. The van der Waals surface area contributed by atoms with E-state index in [1.54, 1.807) is 4.22 Å². The second-order valence-corrected chi connectivity index (χ2v) is 5.63. The standard InChI is InChI=1S/C13H19ClIN3/c1-11(17-6-2-3-7-17)12(14)13(16-10-15)18-8-4-5-9-18/h10H,1-9H2/b13-12-,16-10?. The first-order valence-corrected chi connectivity index (χ1v) is 8.08. The summed E-state index contributed by atoms with van der Waals surface area (Å²) in [7, 11) is 0. The Morgan fingerprint density at radius 2 is 1.56 bits per heavy atom. The van der Waals surface area contributed by atoms with Gasteiger partial charge in [-0.15, -0.1) is 0 Å². The third kappa shape index (κ3) is 3.20. The van der Waals surface area contributed by atoms with E-state index >= 15 is 0 Å². The van der Waals surface area contributed by atoms with Crippen LogP contribution in [0.2, 0.25) is 0 Å². The number of allylic oxidation sites excluding steroid dienone is 1. The molecule has 0 radical (unpaired) electrons. The average molecular weight is 380 g/mol. The predicted molar refractivity (Wildman–Crippen MR) is 86.1 cm³/mol. The Balaban J connectivity index is 2.19. The second kappa shape index (κ2) is 6.80. The Morgan fingerprint density at radius 1 is 1.06 bits per heavy atom. The molecule has 0 atom stereocenters. The summed E-state index contributed by atoms with van der Waals surface area (Å²) in [6.45, 7) is 8.37. The smallest absolute Gasteiger partial charge is 0.150 e. The Morgan fingerprint density at radius 3 is 2.06 bits per heavy atom. The maximum Gasteiger partial charge on any atom is 0.150 e. The van der Waals surface area contributed by atoms with Crippen LogP contribution in [0.15, 0.2) is 28.1 Å². The zero-order chi connectivity index (χ0) is 13.0. The quantitative estimate of drug-likeness (QED) is 0.422. The first-order valence-electron chi connectivity index (χ1n) is 6.45. The van der Waals surface area contributed by atoms with Gasteiger partial charge in [0.05, 0.1) is 9.92 Å². The van der Waals surface area contributed by atoms with E-state index in [-0.39, 0.29) is 0 Å². The van der Waals surface area contributed by atoms with E-state index in [0.29, 0.717) is 5.03 Å². The maximum atomic E-state index is 6.52. The van der Waals surface area contributed by atoms with Gasteiger partial charge in [0.25, 0.3) is 0 Å². The minimum atomic E-state index is 0.715. The number of hydrogen-bond acceptors (Lipinski definition) is 3. The fraction of sp³-hybridized carbons (Fsp3) is 0.615. The molecule has 2 fully saturated rings. The highest BCUT2D eigenvalue weighted by molar-refractivity contribution is 14.1. The third-order valence-electron chi connectivity index (χ3n) is 3.51. The van der Waals surface area contributed by atoms with E-state index in [0.717, 1.165) is 37.7 Å². The van der Waals surface area contributed by atoms with E-state index < -0.39 is 0 Å². The first-order chi connectivity index (χ1) is 8.74. The van der Waals surface area contributed by atoms with Gasteiger partial charge in [0.1, 0.15) is 10.9 Å². The highest BCUT2D eigenvalue weighted by Crippen LogP contribution is 2.29. The minimum absolute atomic E-state index is 0.715. The largest absolute Gasteiger partial charge is 0.371 e. The first kappa shape index (κ1) is 14.2. The van der Waals surface area contributed by atoms with Gasteiger partial charge in [-0.2, -0.15) is 0 Å². The summed E-state index contributed by atoms with van der Waals surface area (Å²) in [5.41, 5.74) is 0.929. The van der Waals surface area contributed by atoms with Gasteiger partial charge < -0.3 is 9.80 Å². The van der Waals surface area contributed by atoms with E-state index in [1.807, 2.05) is 0 Å². The molecule has 2 aliphatic heterocycles. The van der Waals surface area contributed by atoms with Gasteiger partial charge in [-0.25, -0.2) is 4.99 Å². The highest BCUT2D eigenvalue weighted by atomic mass is 127. The lowest BCUT2D eigenvalue weighted by Gasteiger charge is -2.24. The molecule has 3 nitrogen and oxygen atoms in total. The Hall–Kier alpha value is -0.230. The number of hydrogen-bond donors (Lipinski definition) is 0. The number of aliphatic imine (C=N–C) groups is 1. The Bertz CT molecular complexity index is 366. The van der Waals surface area contributed by atoms with E-state index in [2.05, 4.69) is 44.0 Å². The fourth-order valence-electron chi connectivity index (χ4n) is 2.51. The monoisotopic (exact) mass is 379 g/mol. The summed E-state index contributed by atoms with van der Waals surface area (Å²) in [6.07, 6.45) is 4.91. The SMILES string of the molecule is C=C(/C(Cl)=C(\N=CI)N1CCCC1)N1CCCC1. The lowest BCUT2D eigenvalue weighted by molar-refractivity contribution is 0.407. The second-order valence-electron chi connectivity index (χ2n) is 4.70. The van der Waals surface area contributed by atoms with Crippen LogP contribution in [0.5, 0.6) is 0 Å². The molecule has 0 amide bonds. The van der Waals surface area contributed by atoms with Crippen LogP contribution in [0.4, 0.5) is 0 Å². The van der Waals surface area contributed by atoms with Crippen LogP contribution in [0.25, 0.3) is 0 Å². The summed E-state index contributed by atoms with van der Waals surface area (Å²) in [5.74, 6) is 0.889. The zero-order valence-corrected chi connectivity index (χ0v) is 13.5. The topological polar surface area (TPSA) is 18.8 Å². The third-order valence-corrected chi connectivity index (χ3v) is 4.18. The molecule has 0 aromatic heterocycles. The zero-order valence-electron chi connectivity index (χ0n) is 10.5. The van der Waals surface area contributed by atoms with E-state index in [1.165, 1.54) is 25.7 Å². The fourth-order valence-corrected chi connectivity index (χ4v) is 3.06. The Kier molecular flexibility index (Phi) is 5.36. The van der Waals surface area contributed by atoms with Crippen LogP contribution in [0, 0.1) is 0 Å². The van der Waals surface area contributed by atoms with Gasteiger partial charge in [-0.3, -0.25) is 0 Å². The van der Waals surface area contributed by atoms with Crippen molar-refractivity contribution in [3.05, 3.63) is 23.1 Å². The number of rotatable bonds is 4.